The number of rotatable bonds is 7. The third-order valence-electron chi connectivity index (χ3n) is 5.99. The predicted molar refractivity (Wildman–Crippen MR) is 134 cm³/mol. The van der Waals surface area contributed by atoms with E-state index < -0.39 is 34.8 Å². The van der Waals surface area contributed by atoms with Crippen LogP contribution in [0, 0.1) is 11.8 Å². The van der Waals surface area contributed by atoms with Crippen LogP contribution in [0.3, 0.4) is 0 Å². The molecule has 1 aromatic heterocycles. The van der Waals surface area contributed by atoms with E-state index in [1.807, 2.05) is 41.8 Å². The molecule has 9 heteroatoms. The first kappa shape index (κ1) is 27.2. The lowest BCUT2D eigenvalue weighted by Gasteiger charge is -2.30. The molecule has 3 rings (SSSR count). The van der Waals surface area contributed by atoms with E-state index in [4.69, 9.17) is 9.47 Å². The molecule has 3 unspecified atom stereocenters. The van der Waals surface area contributed by atoms with Gasteiger partial charge in [-0.3, -0.25) is 4.79 Å². The van der Waals surface area contributed by atoms with Crippen molar-refractivity contribution >= 4 is 18.2 Å². The Hall–Kier alpha value is -3.36. The largest absolute Gasteiger partial charge is 0.481 e. The van der Waals surface area contributed by atoms with E-state index in [0.717, 1.165) is 10.6 Å². The van der Waals surface area contributed by atoms with E-state index in [-0.39, 0.29) is 18.4 Å². The maximum Gasteiger partial charge on any atom is 0.419 e. The second kappa shape index (κ2) is 9.95. The number of nitrogens with zero attached hydrogens (tertiary/aromatic N) is 3. The van der Waals surface area contributed by atoms with E-state index >= 15 is 0 Å². The maximum atomic E-state index is 12.8. The molecule has 1 N–H and O–H groups in total. The first-order valence-electron chi connectivity index (χ1n) is 12.2. The summed E-state index contributed by atoms with van der Waals surface area (Å²) in [6, 6.07) is 9.58. The van der Waals surface area contributed by atoms with Gasteiger partial charge in [-0.15, -0.1) is 0 Å². The Kier molecular flexibility index (Phi) is 7.53. The van der Waals surface area contributed by atoms with Gasteiger partial charge in [0.25, 0.3) is 0 Å². The van der Waals surface area contributed by atoms with E-state index in [9.17, 15) is 19.5 Å². The number of hydrogen-bond donors (Lipinski definition) is 1. The smallest absolute Gasteiger partial charge is 0.419 e. The minimum absolute atomic E-state index is 0.0501. The van der Waals surface area contributed by atoms with Gasteiger partial charge in [0, 0.05) is 18.4 Å². The van der Waals surface area contributed by atoms with Crippen molar-refractivity contribution in [2.75, 3.05) is 6.54 Å². The SMILES string of the molecule is CC(CC1CC1(C(=O)O)c1cn(-c2ccccc2)cn1)CN(C(=O)OC(C)(C)C)C(=O)OC(C)(C)C. The van der Waals surface area contributed by atoms with Crippen molar-refractivity contribution in [3.8, 4) is 5.69 Å². The number of aromatic nitrogens is 2. The number of hydrogen-bond acceptors (Lipinski definition) is 6. The summed E-state index contributed by atoms with van der Waals surface area (Å²) >= 11 is 0. The highest BCUT2D eigenvalue weighted by Crippen LogP contribution is 2.57. The lowest BCUT2D eigenvalue weighted by molar-refractivity contribution is -0.140. The molecule has 3 atom stereocenters. The molecule has 2 aromatic rings. The second-order valence-electron chi connectivity index (χ2n) is 11.6. The van der Waals surface area contributed by atoms with Crippen molar-refractivity contribution in [2.24, 2.45) is 11.8 Å². The fraction of sp³-hybridized carbons (Fsp3) is 0.556. The van der Waals surface area contributed by atoms with Crippen LogP contribution in [0.25, 0.3) is 5.69 Å². The Morgan fingerprint density at radius 2 is 1.64 bits per heavy atom. The molecule has 2 amide bonds. The van der Waals surface area contributed by atoms with Gasteiger partial charge in [0.15, 0.2) is 0 Å². The van der Waals surface area contributed by atoms with Crippen LogP contribution < -0.4 is 0 Å². The van der Waals surface area contributed by atoms with Gasteiger partial charge in [-0.25, -0.2) is 19.5 Å². The molecule has 9 nitrogen and oxygen atoms in total. The summed E-state index contributed by atoms with van der Waals surface area (Å²) in [6.07, 6.45) is 2.75. The van der Waals surface area contributed by atoms with Gasteiger partial charge >= 0.3 is 18.2 Å². The van der Waals surface area contributed by atoms with Crippen molar-refractivity contribution in [3.05, 3.63) is 48.5 Å². The highest BCUT2D eigenvalue weighted by Gasteiger charge is 2.63. The van der Waals surface area contributed by atoms with Crippen molar-refractivity contribution in [2.45, 2.75) is 77.9 Å². The van der Waals surface area contributed by atoms with Gasteiger partial charge in [0.1, 0.15) is 16.6 Å². The van der Waals surface area contributed by atoms with Gasteiger partial charge in [0.05, 0.1) is 12.0 Å². The van der Waals surface area contributed by atoms with Gasteiger partial charge in [0.2, 0.25) is 0 Å². The molecule has 1 heterocycles. The molecule has 0 saturated heterocycles. The van der Waals surface area contributed by atoms with Gasteiger partial charge < -0.3 is 19.1 Å². The zero-order valence-corrected chi connectivity index (χ0v) is 22.1. The summed E-state index contributed by atoms with van der Waals surface area (Å²) in [5, 5.41) is 10.1. The van der Waals surface area contributed by atoms with E-state index in [1.165, 1.54) is 0 Å². The van der Waals surface area contributed by atoms with Gasteiger partial charge in [-0.1, -0.05) is 25.1 Å². The van der Waals surface area contributed by atoms with Crippen LogP contribution in [-0.2, 0) is 19.7 Å². The topological polar surface area (TPSA) is 111 Å². The quantitative estimate of drug-likeness (QED) is 0.542. The molecule has 0 radical (unpaired) electrons. The zero-order chi connectivity index (χ0) is 26.9. The highest BCUT2D eigenvalue weighted by molar-refractivity contribution is 5.88. The summed E-state index contributed by atoms with van der Waals surface area (Å²) in [4.78, 5) is 43.4. The number of para-hydroxylation sites is 1. The minimum Gasteiger partial charge on any atom is -0.481 e. The number of carbonyl (C=O) groups is 3. The fourth-order valence-electron chi connectivity index (χ4n) is 4.32. The molecule has 1 fully saturated rings. The molecule has 0 bridgehead atoms. The Morgan fingerprint density at radius 3 is 2.14 bits per heavy atom. The predicted octanol–water partition coefficient (Wildman–Crippen LogP) is 5.41. The van der Waals surface area contributed by atoms with Crippen molar-refractivity contribution in [3.63, 3.8) is 0 Å². The number of carbonyl (C=O) groups excluding carboxylic acids is 2. The van der Waals surface area contributed by atoms with E-state index in [0.29, 0.717) is 18.5 Å². The molecule has 0 aliphatic heterocycles. The molecule has 1 aliphatic rings. The average molecular weight is 500 g/mol. The Bertz CT molecular complexity index is 1070. The average Bonchev–Trinajstić information content (AvgIpc) is 3.24. The third-order valence-corrected chi connectivity index (χ3v) is 5.99. The number of ether oxygens (including phenoxy) is 2. The second-order valence-corrected chi connectivity index (χ2v) is 11.6. The summed E-state index contributed by atoms with van der Waals surface area (Å²) in [5.74, 6) is -1.29. The molecule has 36 heavy (non-hydrogen) atoms. The number of carboxylic acid groups (broad SMARTS) is 1. The molecular formula is C27H37N3O6. The van der Waals surface area contributed by atoms with E-state index in [2.05, 4.69) is 4.98 Å². The summed E-state index contributed by atoms with van der Waals surface area (Å²) in [6.45, 7) is 12.3. The molecule has 1 aromatic carbocycles. The first-order chi connectivity index (χ1) is 16.6. The van der Waals surface area contributed by atoms with Crippen LogP contribution in [0.1, 0.15) is 67.0 Å². The number of benzene rings is 1. The number of carboxylic acids is 1. The Labute approximate surface area is 212 Å². The van der Waals surface area contributed by atoms with Crippen molar-refractivity contribution in [1.82, 2.24) is 14.5 Å². The molecule has 0 spiro atoms. The summed E-state index contributed by atoms with van der Waals surface area (Å²) in [7, 11) is 0. The van der Waals surface area contributed by atoms with Gasteiger partial charge in [-0.05, 0) is 78.4 Å². The van der Waals surface area contributed by atoms with E-state index in [1.54, 1.807) is 54.1 Å². The molecule has 1 aliphatic carbocycles. The maximum absolute atomic E-state index is 12.8. The highest BCUT2D eigenvalue weighted by atomic mass is 16.6. The lowest BCUT2D eigenvalue weighted by atomic mass is 9.94. The normalized spacial score (nSPS) is 20.4. The van der Waals surface area contributed by atoms with Crippen LogP contribution in [-0.4, -0.2) is 55.5 Å². The standard InChI is InChI=1S/C27H37N3O6/c1-18(15-30(23(33)35-25(2,3)4)24(34)36-26(5,6)7)13-19-14-27(19,22(31)32)21-16-29(17-28-21)20-11-9-8-10-12-20/h8-12,16-19H,13-15H2,1-7H3,(H,31,32). The Balaban J connectivity index is 1.74. The number of amides is 2. The zero-order valence-electron chi connectivity index (χ0n) is 22.1. The molecular weight excluding hydrogens is 462 g/mol. The molecule has 1 saturated carbocycles. The minimum atomic E-state index is -1.09. The first-order valence-corrected chi connectivity index (χ1v) is 12.2. The van der Waals surface area contributed by atoms with Crippen molar-refractivity contribution in [1.29, 1.82) is 0 Å². The monoisotopic (exact) mass is 499 g/mol. The molecule has 196 valence electrons. The Morgan fingerprint density at radius 1 is 1.08 bits per heavy atom. The van der Waals surface area contributed by atoms with Crippen LogP contribution in [0.15, 0.2) is 42.9 Å². The van der Waals surface area contributed by atoms with Crippen LogP contribution in [0.4, 0.5) is 9.59 Å². The summed E-state index contributed by atoms with van der Waals surface area (Å²) < 4.78 is 12.7. The van der Waals surface area contributed by atoms with Crippen LogP contribution in [0.5, 0.6) is 0 Å². The fourth-order valence-corrected chi connectivity index (χ4v) is 4.32. The van der Waals surface area contributed by atoms with Crippen LogP contribution >= 0.6 is 0 Å². The number of imide groups is 1. The summed E-state index contributed by atoms with van der Waals surface area (Å²) in [5.41, 5.74) is -1.25. The lowest BCUT2D eigenvalue weighted by Crippen LogP contribution is -2.45. The van der Waals surface area contributed by atoms with Crippen molar-refractivity contribution < 1.29 is 29.0 Å². The van der Waals surface area contributed by atoms with Crippen LogP contribution in [0.2, 0.25) is 0 Å². The number of aliphatic carboxylic acids is 1. The number of imidazole rings is 1. The van der Waals surface area contributed by atoms with Gasteiger partial charge in [-0.2, -0.15) is 0 Å². The third kappa shape index (κ3) is 6.44.